The Balaban J connectivity index is 1.92. The normalized spacial score (nSPS) is 10.0. The molecule has 0 aliphatic heterocycles. The Hall–Kier alpha value is -1.87. The van der Waals surface area contributed by atoms with E-state index in [0.29, 0.717) is 6.42 Å². The predicted molar refractivity (Wildman–Crippen MR) is 77.0 cm³/mol. The fourth-order valence-electron chi connectivity index (χ4n) is 1.67. The molecule has 0 fully saturated rings. The highest BCUT2D eigenvalue weighted by Gasteiger charge is 2.04. The fraction of sp³-hybridized carbons (Fsp3) is 0.133. The largest absolute Gasteiger partial charge is 0.326 e. The summed E-state index contributed by atoms with van der Waals surface area (Å²) in [6.07, 6.45) is 3.15. The maximum atomic E-state index is 11.8. The van der Waals surface area contributed by atoms with Crippen molar-refractivity contribution >= 4 is 22.9 Å². The van der Waals surface area contributed by atoms with E-state index < -0.39 is 0 Å². The van der Waals surface area contributed by atoms with Crippen molar-refractivity contribution in [3.05, 3.63) is 64.9 Å². The lowest BCUT2D eigenvalue weighted by atomic mass is 10.1. The van der Waals surface area contributed by atoms with Crippen molar-refractivity contribution in [3.8, 4) is 0 Å². The van der Waals surface area contributed by atoms with Gasteiger partial charge in [0.25, 0.3) is 0 Å². The van der Waals surface area contributed by atoms with Gasteiger partial charge in [-0.05, 0) is 35.6 Å². The summed E-state index contributed by atoms with van der Waals surface area (Å²) in [6.45, 7) is 3.70. The van der Waals surface area contributed by atoms with Gasteiger partial charge < -0.3 is 5.32 Å². The van der Waals surface area contributed by atoms with E-state index >= 15 is 0 Å². The lowest BCUT2D eigenvalue weighted by Crippen LogP contribution is -2.13. The van der Waals surface area contributed by atoms with Crippen LogP contribution in [0.5, 0.6) is 0 Å². The minimum Gasteiger partial charge on any atom is -0.326 e. The van der Waals surface area contributed by atoms with Crippen LogP contribution in [0.25, 0.3) is 0 Å². The van der Waals surface area contributed by atoms with E-state index in [4.69, 9.17) is 0 Å². The summed E-state index contributed by atoms with van der Waals surface area (Å²) in [4.78, 5) is 12.8. The zero-order chi connectivity index (χ0) is 12.8. The zero-order valence-electron chi connectivity index (χ0n) is 10.1. The van der Waals surface area contributed by atoms with Crippen LogP contribution < -0.4 is 5.32 Å². The molecule has 1 amide bonds. The molecular formula is C15H15NOS. The Kier molecular flexibility index (Phi) is 4.31. The number of thiophene rings is 1. The quantitative estimate of drug-likeness (QED) is 0.814. The SMILES string of the molecule is C=CCc1ccc(NC(=O)Cc2cccs2)cc1. The van der Waals surface area contributed by atoms with Crippen LogP contribution in [-0.4, -0.2) is 5.91 Å². The van der Waals surface area contributed by atoms with Crippen LogP contribution in [-0.2, 0) is 17.6 Å². The molecule has 0 saturated carbocycles. The van der Waals surface area contributed by atoms with Gasteiger partial charge in [-0.3, -0.25) is 4.79 Å². The average Bonchev–Trinajstić information content (AvgIpc) is 2.84. The summed E-state index contributed by atoms with van der Waals surface area (Å²) in [5.74, 6) is 0.0221. The lowest BCUT2D eigenvalue weighted by molar-refractivity contribution is -0.115. The smallest absolute Gasteiger partial charge is 0.229 e. The van der Waals surface area contributed by atoms with Gasteiger partial charge >= 0.3 is 0 Å². The molecular weight excluding hydrogens is 242 g/mol. The van der Waals surface area contributed by atoms with Crippen molar-refractivity contribution < 1.29 is 4.79 Å². The van der Waals surface area contributed by atoms with Crippen molar-refractivity contribution in [1.29, 1.82) is 0 Å². The van der Waals surface area contributed by atoms with E-state index in [1.807, 2.05) is 47.9 Å². The number of carbonyl (C=O) groups is 1. The van der Waals surface area contributed by atoms with Gasteiger partial charge in [0.1, 0.15) is 0 Å². The minimum atomic E-state index is 0.0221. The van der Waals surface area contributed by atoms with E-state index in [2.05, 4.69) is 11.9 Å². The summed E-state index contributed by atoms with van der Waals surface area (Å²) in [7, 11) is 0. The number of anilines is 1. The summed E-state index contributed by atoms with van der Waals surface area (Å²) in [6, 6.07) is 11.8. The number of allylic oxidation sites excluding steroid dienone is 1. The molecule has 0 aliphatic carbocycles. The first-order valence-electron chi connectivity index (χ1n) is 5.80. The molecule has 0 spiro atoms. The van der Waals surface area contributed by atoms with Crippen LogP contribution in [0.2, 0.25) is 0 Å². The molecule has 0 bridgehead atoms. The first-order valence-corrected chi connectivity index (χ1v) is 6.68. The van der Waals surface area contributed by atoms with E-state index in [1.165, 1.54) is 5.56 Å². The van der Waals surface area contributed by atoms with E-state index in [9.17, 15) is 4.79 Å². The molecule has 0 radical (unpaired) electrons. The van der Waals surface area contributed by atoms with Crippen molar-refractivity contribution in [2.45, 2.75) is 12.8 Å². The maximum absolute atomic E-state index is 11.8. The number of carbonyl (C=O) groups excluding carboxylic acids is 1. The van der Waals surface area contributed by atoms with Crippen LogP contribution in [0.1, 0.15) is 10.4 Å². The van der Waals surface area contributed by atoms with E-state index in [-0.39, 0.29) is 5.91 Å². The summed E-state index contributed by atoms with van der Waals surface area (Å²) < 4.78 is 0. The van der Waals surface area contributed by atoms with Gasteiger partial charge in [-0.15, -0.1) is 17.9 Å². The number of benzene rings is 1. The minimum absolute atomic E-state index is 0.0221. The predicted octanol–water partition coefficient (Wildman–Crippen LogP) is 3.66. The monoisotopic (exact) mass is 257 g/mol. The molecule has 0 atom stereocenters. The van der Waals surface area contributed by atoms with E-state index in [0.717, 1.165) is 17.0 Å². The van der Waals surface area contributed by atoms with Crippen molar-refractivity contribution in [3.63, 3.8) is 0 Å². The topological polar surface area (TPSA) is 29.1 Å². The molecule has 2 aromatic rings. The van der Waals surface area contributed by atoms with Gasteiger partial charge in [0.05, 0.1) is 6.42 Å². The van der Waals surface area contributed by atoms with Crippen LogP contribution in [0.4, 0.5) is 5.69 Å². The molecule has 18 heavy (non-hydrogen) atoms. The van der Waals surface area contributed by atoms with Gasteiger partial charge in [0, 0.05) is 10.6 Å². The molecule has 0 saturated heterocycles. The van der Waals surface area contributed by atoms with E-state index in [1.54, 1.807) is 11.3 Å². The molecule has 1 aromatic carbocycles. The third-order valence-corrected chi connectivity index (χ3v) is 3.41. The highest BCUT2D eigenvalue weighted by molar-refractivity contribution is 7.10. The molecule has 3 heteroatoms. The second kappa shape index (κ2) is 6.17. The van der Waals surface area contributed by atoms with Gasteiger partial charge in [0.15, 0.2) is 0 Å². The first kappa shape index (κ1) is 12.6. The second-order valence-corrected chi connectivity index (χ2v) is 5.03. The standard InChI is InChI=1S/C15H15NOS/c1-2-4-12-6-8-13(9-7-12)16-15(17)11-14-5-3-10-18-14/h2-3,5-10H,1,4,11H2,(H,16,17). The third-order valence-electron chi connectivity index (χ3n) is 2.53. The first-order chi connectivity index (χ1) is 8.78. The molecule has 2 rings (SSSR count). The average molecular weight is 257 g/mol. The number of rotatable bonds is 5. The highest BCUT2D eigenvalue weighted by Crippen LogP contribution is 2.13. The van der Waals surface area contributed by atoms with Crippen molar-refractivity contribution in [2.75, 3.05) is 5.32 Å². The summed E-state index contributed by atoms with van der Waals surface area (Å²) >= 11 is 1.60. The van der Waals surface area contributed by atoms with Crippen LogP contribution in [0, 0.1) is 0 Å². The Labute approximate surface area is 111 Å². The molecule has 1 heterocycles. The van der Waals surface area contributed by atoms with Gasteiger partial charge in [-0.2, -0.15) is 0 Å². The third kappa shape index (κ3) is 3.57. The Morgan fingerprint density at radius 2 is 2.06 bits per heavy atom. The Morgan fingerprint density at radius 1 is 1.28 bits per heavy atom. The zero-order valence-corrected chi connectivity index (χ0v) is 10.9. The molecule has 92 valence electrons. The Bertz CT molecular complexity index is 514. The molecule has 0 aliphatic rings. The summed E-state index contributed by atoms with van der Waals surface area (Å²) in [5, 5.41) is 4.87. The summed E-state index contributed by atoms with van der Waals surface area (Å²) in [5.41, 5.74) is 2.03. The van der Waals surface area contributed by atoms with Crippen LogP contribution >= 0.6 is 11.3 Å². The number of amides is 1. The maximum Gasteiger partial charge on any atom is 0.229 e. The second-order valence-electron chi connectivity index (χ2n) is 3.99. The van der Waals surface area contributed by atoms with Gasteiger partial charge in [-0.1, -0.05) is 24.3 Å². The van der Waals surface area contributed by atoms with Crippen molar-refractivity contribution in [2.24, 2.45) is 0 Å². The number of hydrogen-bond acceptors (Lipinski definition) is 2. The van der Waals surface area contributed by atoms with Gasteiger partial charge in [0.2, 0.25) is 5.91 Å². The molecule has 1 N–H and O–H groups in total. The molecule has 2 nitrogen and oxygen atoms in total. The van der Waals surface area contributed by atoms with Crippen molar-refractivity contribution in [1.82, 2.24) is 0 Å². The van der Waals surface area contributed by atoms with Crippen LogP contribution in [0.3, 0.4) is 0 Å². The van der Waals surface area contributed by atoms with Crippen LogP contribution in [0.15, 0.2) is 54.4 Å². The Morgan fingerprint density at radius 3 is 2.67 bits per heavy atom. The fourth-order valence-corrected chi connectivity index (χ4v) is 2.37. The number of hydrogen-bond donors (Lipinski definition) is 1. The number of nitrogens with one attached hydrogen (secondary N) is 1. The highest BCUT2D eigenvalue weighted by atomic mass is 32.1. The van der Waals surface area contributed by atoms with Gasteiger partial charge in [-0.25, -0.2) is 0 Å². The molecule has 1 aromatic heterocycles. The molecule has 0 unspecified atom stereocenters. The lowest BCUT2D eigenvalue weighted by Gasteiger charge is -2.05.